The van der Waals surface area contributed by atoms with E-state index in [4.69, 9.17) is 0 Å². The summed E-state index contributed by atoms with van der Waals surface area (Å²) < 4.78 is 0. The molecule has 1 aliphatic rings. The second-order valence-corrected chi connectivity index (χ2v) is 3.00. The van der Waals surface area contributed by atoms with Gasteiger partial charge >= 0.3 is 0 Å². The highest BCUT2D eigenvalue weighted by Crippen LogP contribution is 2.10. The van der Waals surface area contributed by atoms with Gasteiger partial charge in [-0.05, 0) is 13.8 Å². The summed E-state index contributed by atoms with van der Waals surface area (Å²) >= 11 is 0. The maximum atomic E-state index is 11.3. The van der Waals surface area contributed by atoms with Gasteiger partial charge in [0.15, 0.2) is 0 Å². The van der Waals surface area contributed by atoms with Gasteiger partial charge in [-0.25, -0.2) is 0 Å². The normalized spacial score (nSPS) is 22.7. The molecule has 3 heteroatoms. The van der Waals surface area contributed by atoms with Crippen LogP contribution in [0.4, 0.5) is 0 Å². The molecule has 3 nitrogen and oxygen atoms in total. The number of carbonyl (C=O) groups excluding carboxylic acids is 1. The van der Waals surface area contributed by atoms with Crippen molar-refractivity contribution in [3.8, 4) is 0 Å². The number of amides is 1. The van der Waals surface area contributed by atoms with Gasteiger partial charge in [0.2, 0.25) is 0 Å². The van der Waals surface area contributed by atoms with E-state index < -0.39 is 5.54 Å². The van der Waals surface area contributed by atoms with Crippen molar-refractivity contribution in [1.29, 1.82) is 0 Å². The standard InChI is InChI=1S/C7H12N2O/c1-7(2)6(10)9(3)5-4-8-7/h4-5,8H,1-3H3. The molecule has 0 spiro atoms. The fraction of sp³-hybridized carbons (Fsp3) is 0.571. The number of nitrogens with one attached hydrogen (secondary N) is 1. The minimum Gasteiger partial charge on any atom is -0.376 e. The van der Waals surface area contributed by atoms with Gasteiger partial charge in [-0.1, -0.05) is 0 Å². The molecule has 10 heavy (non-hydrogen) atoms. The zero-order chi connectivity index (χ0) is 7.78. The molecular weight excluding hydrogens is 128 g/mol. The van der Waals surface area contributed by atoms with E-state index in [1.165, 1.54) is 0 Å². The van der Waals surface area contributed by atoms with Crippen molar-refractivity contribution in [3.63, 3.8) is 0 Å². The first-order valence-corrected chi connectivity index (χ1v) is 3.26. The summed E-state index contributed by atoms with van der Waals surface area (Å²) in [7, 11) is 1.75. The summed E-state index contributed by atoms with van der Waals surface area (Å²) in [6.45, 7) is 3.71. The molecule has 1 amide bonds. The Morgan fingerprint density at radius 1 is 1.60 bits per heavy atom. The molecule has 0 bridgehead atoms. The molecule has 1 aliphatic heterocycles. The van der Waals surface area contributed by atoms with Crippen LogP contribution in [0.3, 0.4) is 0 Å². The number of hydrogen-bond acceptors (Lipinski definition) is 2. The smallest absolute Gasteiger partial charge is 0.251 e. The van der Waals surface area contributed by atoms with E-state index >= 15 is 0 Å². The van der Waals surface area contributed by atoms with Crippen molar-refractivity contribution in [2.24, 2.45) is 0 Å². The van der Waals surface area contributed by atoms with E-state index in [0.29, 0.717) is 0 Å². The molecule has 0 aliphatic carbocycles. The zero-order valence-electron chi connectivity index (χ0n) is 6.51. The van der Waals surface area contributed by atoms with E-state index in [1.807, 2.05) is 13.8 Å². The average Bonchev–Trinajstić information content (AvgIpc) is 1.83. The van der Waals surface area contributed by atoms with Crippen LogP contribution in [-0.2, 0) is 4.79 Å². The number of carbonyl (C=O) groups is 1. The Labute approximate surface area is 60.7 Å². The Hall–Kier alpha value is -0.990. The molecule has 0 radical (unpaired) electrons. The lowest BCUT2D eigenvalue weighted by Gasteiger charge is -2.31. The lowest BCUT2D eigenvalue weighted by Crippen LogP contribution is -2.52. The van der Waals surface area contributed by atoms with Gasteiger partial charge in [-0.3, -0.25) is 4.79 Å². The summed E-state index contributed by atoms with van der Waals surface area (Å²) in [4.78, 5) is 12.8. The predicted molar refractivity (Wildman–Crippen MR) is 39.1 cm³/mol. The first-order valence-electron chi connectivity index (χ1n) is 3.26. The first-order chi connectivity index (χ1) is 4.54. The molecule has 1 N–H and O–H groups in total. The molecule has 0 atom stereocenters. The van der Waals surface area contributed by atoms with Gasteiger partial charge in [0.25, 0.3) is 5.91 Å². The van der Waals surface area contributed by atoms with Crippen molar-refractivity contribution in [1.82, 2.24) is 10.2 Å². The minimum atomic E-state index is -0.441. The summed E-state index contributed by atoms with van der Waals surface area (Å²) in [6.07, 6.45) is 3.50. The van der Waals surface area contributed by atoms with Crippen molar-refractivity contribution >= 4 is 5.91 Å². The van der Waals surface area contributed by atoms with E-state index in [1.54, 1.807) is 24.3 Å². The second-order valence-electron chi connectivity index (χ2n) is 3.00. The molecule has 1 heterocycles. The number of likely N-dealkylation sites (N-methyl/N-ethyl adjacent to an activating group) is 1. The molecule has 0 saturated heterocycles. The van der Waals surface area contributed by atoms with Gasteiger partial charge in [0, 0.05) is 19.4 Å². The third-order valence-electron chi connectivity index (χ3n) is 1.60. The Morgan fingerprint density at radius 3 is 2.60 bits per heavy atom. The second kappa shape index (κ2) is 2.01. The molecule has 0 unspecified atom stereocenters. The highest BCUT2D eigenvalue weighted by Gasteiger charge is 2.30. The number of hydrogen-bond donors (Lipinski definition) is 1. The van der Waals surface area contributed by atoms with Crippen LogP contribution in [0.1, 0.15) is 13.8 Å². The topological polar surface area (TPSA) is 32.3 Å². The van der Waals surface area contributed by atoms with Gasteiger partial charge in [0.1, 0.15) is 5.54 Å². The van der Waals surface area contributed by atoms with Crippen LogP contribution in [0.2, 0.25) is 0 Å². The summed E-state index contributed by atoms with van der Waals surface area (Å²) in [5.74, 6) is 0.0926. The fourth-order valence-corrected chi connectivity index (χ4v) is 0.928. The Bertz CT molecular complexity index is 184. The van der Waals surface area contributed by atoms with E-state index in [-0.39, 0.29) is 5.91 Å². The Balaban J connectivity index is 2.85. The van der Waals surface area contributed by atoms with Crippen molar-refractivity contribution in [2.45, 2.75) is 19.4 Å². The lowest BCUT2D eigenvalue weighted by atomic mass is 10.0. The summed E-state index contributed by atoms with van der Waals surface area (Å²) in [5.41, 5.74) is -0.441. The van der Waals surface area contributed by atoms with Crippen molar-refractivity contribution in [2.75, 3.05) is 7.05 Å². The third kappa shape index (κ3) is 0.988. The molecule has 0 aromatic rings. The van der Waals surface area contributed by atoms with Crippen LogP contribution < -0.4 is 5.32 Å². The van der Waals surface area contributed by atoms with Crippen molar-refractivity contribution < 1.29 is 4.79 Å². The Kier molecular flexibility index (Phi) is 1.43. The summed E-state index contributed by atoms with van der Waals surface area (Å²) in [6, 6.07) is 0. The minimum absolute atomic E-state index is 0.0926. The monoisotopic (exact) mass is 140 g/mol. The first kappa shape index (κ1) is 7.12. The average molecular weight is 140 g/mol. The SMILES string of the molecule is CN1C=CNC(C)(C)C1=O. The predicted octanol–water partition coefficient (Wildman–Crippen LogP) is 0.298. The van der Waals surface area contributed by atoms with Crippen LogP contribution >= 0.6 is 0 Å². The molecule has 56 valence electrons. The van der Waals surface area contributed by atoms with Crippen LogP contribution in [-0.4, -0.2) is 23.4 Å². The molecule has 1 rings (SSSR count). The van der Waals surface area contributed by atoms with Crippen LogP contribution in [0.25, 0.3) is 0 Å². The molecule has 0 aromatic heterocycles. The highest BCUT2D eigenvalue weighted by atomic mass is 16.2. The zero-order valence-corrected chi connectivity index (χ0v) is 6.51. The molecular formula is C7H12N2O. The van der Waals surface area contributed by atoms with Gasteiger partial charge in [0.05, 0.1) is 0 Å². The van der Waals surface area contributed by atoms with Crippen LogP contribution in [0.15, 0.2) is 12.4 Å². The van der Waals surface area contributed by atoms with Crippen molar-refractivity contribution in [3.05, 3.63) is 12.4 Å². The van der Waals surface area contributed by atoms with Crippen LogP contribution in [0, 0.1) is 0 Å². The van der Waals surface area contributed by atoms with Crippen LogP contribution in [0.5, 0.6) is 0 Å². The molecule has 0 aromatic carbocycles. The van der Waals surface area contributed by atoms with E-state index in [0.717, 1.165) is 0 Å². The quantitative estimate of drug-likeness (QED) is 0.524. The largest absolute Gasteiger partial charge is 0.376 e. The maximum Gasteiger partial charge on any atom is 0.251 e. The number of nitrogens with zero attached hydrogens (tertiary/aromatic N) is 1. The Morgan fingerprint density at radius 2 is 2.20 bits per heavy atom. The van der Waals surface area contributed by atoms with Gasteiger partial charge in [-0.15, -0.1) is 0 Å². The van der Waals surface area contributed by atoms with E-state index in [2.05, 4.69) is 5.32 Å². The lowest BCUT2D eigenvalue weighted by molar-refractivity contribution is -0.133. The highest BCUT2D eigenvalue weighted by molar-refractivity contribution is 5.87. The number of rotatable bonds is 0. The van der Waals surface area contributed by atoms with Gasteiger partial charge < -0.3 is 10.2 Å². The third-order valence-corrected chi connectivity index (χ3v) is 1.60. The van der Waals surface area contributed by atoms with E-state index in [9.17, 15) is 4.79 Å². The molecule has 0 fully saturated rings. The summed E-state index contributed by atoms with van der Waals surface area (Å²) in [5, 5.41) is 2.97. The fourth-order valence-electron chi connectivity index (χ4n) is 0.928. The molecule has 0 saturated carbocycles. The maximum absolute atomic E-state index is 11.3. The van der Waals surface area contributed by atoms with Gasteiger partial charge in [-0.2, -0.15) is 0 Å².